The van der Waals surface area contributed by atoms with Crippen molar-refractivity contribution < 1.29 is 0 Å². The summed E-state index contributed by atoms with van der Waals surface area (Å²) in [7, 11) is 0. The lowest BCUT2D eigenvalue weighted by Gasteiger charge is -2.09. The molecule has 2 rings (SSSR count). The van der Waals surface area contributed by atoms with Crippen molar-refractivity contribution in [2.24, 2.45) is 16.9 Å². The Morgan fingerprint density at radius 3 is 2.79 bits per heavy atom. The molecule has 0 bridgehead atoms. The van der Waals surface area contributed by atoms with E-state index in [-0.39, 0.29) is 0 Å². The highest BCUT2D eigenvalue weighted by Gasteiger charge is 2.22. The van der Waals surface area contributed by atoms with Crippen LogP contribution in [-0.4, -0.2) is 5.71 Å². The molecular formula is C12H16N2. The lowest BCUT2D eigenvalue weighted by molar-refractivity contribution is 0.660. The van der Waals surface area contributed by atoms with Crippen LogP contribution in [0.15, 0.2) is 35.4 Å². The zero-order valence-corrected chi connectivity index (χ0v) is 8.32. The predicted molar refractivity (Wildman–Crippen MR) is 59.1 cm³/mol. The van der Waals surface area contributed by atoms with Crippen LogP contribution in [0.5, 0.6) is 0 Å². The van der Waals surface area contributed by atoms with E-state index in [1.165, 1.54) is 24.1 Å². The SMILES string of the molecule is NN=C1CCCC1Cc1ccccc1. The molecule has 2 nitrogen and oxygen atoms in total. The van der Waals surface area contributed by atoms with E-state index in [4.69, 9.17) is 5.84 Å². The molecule has 0 amide bonds. The maximum absolute atomic E-state index is 5.37. The monoisotopic (exact) mass is 188 g/mol. The van der Waals surface area contributed by atoms with Crippen LogP contribution in [0.3, 0.4) is 0 Å². The van der Waals surface area contributed by atoms with Crippen LogP contribution in [0.25, 0.3) is 0 Å². The highest BCUT2D eigenvalue weighted by molar-refractivity contribution is 5.88. The summed E-state index contributed by atoms with van der Waals surface area (Å²) < 4.78 is 0. The van der Waals surface area contributed by atoms with Crippen LogP contribution < -0.4 is 5.84 Å². The molecule has 2 N–H and O–H groups in total. The summed E-state index contributed by atoms with van der Waals surface area (Å²) >= 11 is 0. The first-order valence-corrected chi connectivity index (χ1v) is 5.20. The van der Waals surface area contributed by atoms with E-state index in [9.17, 15) is 0 Å². The minimum absolute atomic E-state index is 0.586. The zero-order valence-electron chi connectivity index (χ0n) is 8.32. The molecule has 1 aromatic carbocycles. The van der Waals surface area contributed by atoms with Gasteiger partial charge in [0.1, 0.15) is 0 Å². The Morgan fingerprint density at radius 1 is 1.29 bits per heavy atom. The molecule has 0 aliphatic heterocycles. The number of hydrogen-bond acceptors (Lipinski definition) is 2. The van der Waals surface area contributed by atoms with Crippen LogP contribution in [0.4, 0.5) is 0 Å². The summed E-state index contributed by atoms with van der Waals surface area (Å²) in [4.78, 5) is 0. The Bertz CT molecular complexity index is 316. The van der Waals surface area contributed by atoms with Crippen molar-refractivity contribution in [1.82, 2.24) is 0 Å². The van der Waals surface area contributed by atoms with Gasteiger partial charge >= 0.3 is 0 Å². The zero-order chi connectivity index (χ0) is 9.80. The first kappa shape index (κ1) is 9.25. The van der Waals surface area contributed by atoms with Crippen LogP contribution >= 0.6 is 0 Å². The van der Waals surface area contributed by atoms with Crippen LogP contribution in [-0.2, 0) is 6.42 Å². The van der Waals surface area contributed by atoms with E-state index in [2.05, 4.69) is 35.4 Å². The van der Waals surface area contributed by atoms with Crippen molar-refractivity contribution in [2.75, 3.05) is 0 Å². The van der Waals surface area contributed by atoms with E-state index >= 15 is 0 Å². The minimum Gasteiger partial charge on any atom is -0.323 e. The van der Waals surface area contributed by atoms with Crippen molar-refractivity contribution in [3.63, 3.8) is 0 Å². The third-order valence-electron chi connectivity index (χ3n) is 2.95. The summed E-state index contributed by atoms with van der Waals surface area (Å²) in [5, 5.41) is 3.88. The fourth-order valence-corrected chi connectivity index (χ4v) is 2.19. The fraction of sp³-hybridized carbons (Fsp3) is 0.417. The van der Waals surface area contributed by atoms with Crippen LogP contribution in [0.2, 0.25) is 0 Å². The highest BCUT2D eigenvalue weighted by atomic mass is 15.1. The van der Waals surface area contributed by atoms with Crippen molar-refractivity contribution in [3.8, 4) is 0 Å². The second-order valence-electron chi connectivity index (χ2n) is 3.90. The van der Waals surface area contributed by atoms with Crippen molar-refractivity contribution in [1.29, 1.82) is 0 Å². The third-order valence-corrected chi connectivity index (χ3v) is 2.95. The molecule has 14 heavy (non-hydrogen) atoms. The number of nitrogens with two attached hydrogens (primary N) is 1. The second kappa shape index (κ2) is 4.27. The van der Waals surface area contributed by atoms with Gasteiger partial charge in [0.2, 0.25) is 0 Å². The van der Waals surface area contributed by atoms with E-state index in [1.54, 1.807) is 0 Å². The normalized spacial score (nSPS) is 24.3. The molecular weight excluding hydrogens is 172 g/mol. The van der Waals surface area contributed by atoms with Gasteiger partial charge in [0.15, 0.2) is 0 Å². The third kappa shape index (κ3) is 1.95. The van der Waals surface area contributed by atoms with E-state index < -0.39 is 0 Å². The molecule has 2 heteroatoms. The van der Waals surface area contributed by atoms with Gasteiger partial charge in [-0.15, -0.1) is 0 Å². The predicted octanol–water partition coefficient (Wildman–Crippen LogP) is 2.34. The topological polar surface area (TPSA) is 38.4 Å². The van der Waals surface area contributed by atoms with Crippen molar-refractivity contribution >= 4 is 5.71 Å². The summed E-state index contributed by atoms with van der Waals surface area (Å²) in [5.41, 5.74) is 2.59. The molecule has 0 saturated heterocycles. The summed E-state index contributed by atoms with van der Waals surface area (Å²) in [6.45, 7) is 0. The molecule has 1 aliphatic rings. The maximum Gasteiger partial charge on any atom is 0.0410 e. The standard InChI is InChI=1S/C12H16N2/c13-14-12-8-4-7-11(12)9-10-5-2-1-3-6-10/h1-3,5-6,11H,4,7-9,13H2. The average molecular weight is 188 g/mol. The van der Waals surface area contributed by atoms with E-state index in [1.807, 2.05) is 0 Å². The van der Waals surface area contributed by atoms with Gasteiger partial charge in [-0.05, 0) is 31.2 Å². The van der Waals surface area contributed by atoms with Gasteiger partial charge < -0.3 is 5.84 Å². The molecule has 1 saturated carbocycles. The van der Waals surface area contributed by atoms with Gasteiger partial charge in [-0.1, -0.05) is 30.3 Å². The molecule has 1 aromatic rings. The average Bonchev–Trinajstić information content (AvgIpc) is 2.67. The maximum atomic E-state index is 5.37. The first-order valence-electron chi connectivity index (χ1n) is 5.20. The molecule has 1 fully saturated rings. The lowest BCUT2D eigenvalue weighted by atomic mass is 9.97. The Morgan fingerprint density at radius 2 is 2.07 bits per heavy atom. The number of hydrogen-bond donors (Lipinski definition) is 1. The fourth-order valence-electron chi connectivity index (χ4n) is 2.19. The molecule has 1 atom stereocenters. The molecule has 0 aromatic heterocycles. The smallest absolute Gasteiger partial charge is 0.0410 e. The van der Waals surface area contributed by atoms with Gasteiger partial charge in [-0.25, -0.2) is 0 Å². The van der Waals surface area contributed by atoms with Gasteiger partial charge in [0.05, 0.1) is 0 Å². The van der Waals surface area contributed by atoms with E-state index in [0.29, 0.717) is 5.92 Å². The van der Waals surface area contributed by atoms with Crippen LogP contribution in [0, 0.1) is 5.92 Å². The molecule has 0 radical (unpaired) electrons. The largest absolute Gasteiger partial charge is 0.323 e. The second-order valence-corrected chi connectivity index (χ2v) is 3.90. The summed E-state index contributed by atoms with van der Waals surface area (Å²) in [5.74, 6) is 5.95. The Labute approximate surface area is 84.8 Å². The van der Waals surface area contributed by atoms with Crippen molar-refractivity contribution in [2.45, 2.75) is 25.7 Å². The highest BCUT2D eigenvalue weighted by Crippen LogP contribution is 2.25. The molecule has 0 heterocycles. The van der Waals surface area contributed by atoms with Gasteiger partial charge in [0, 0.05) is 11.6 Å². The van der Waals surface area contributed by atoms with Gasteiger partial charge in [0.25, 0.3) is 0 Å². The van der Waals surface area contributed by atoms with E-state index in [0.717, 1.165) is 12.8 Å². The molecule has 1 unspecified atom stereocenters. The Balaban J connectivity index is 2.04. The number of nitrogens with zero attached hydrogens (tertiary/aromatic N) is 1. The molecule has 1 aliphatic carbocycles. The van der Waals surface area contributed by atoms with Crippen LogP contribution in [0.1, 0.15) is 24.8 Å². The molecule has 74 valence electrons. The quantitative estimate of drug-likeness (QED) is 0.561. The van der Waals surface area contributed by atoms with Gasteiger partial charge in [-0.2, -0.15) is 5.10 Å². The number of benzene rings is 1. The van der Waals surface area contributed by atoms with Gasteiger partial charge in [-0.3, -0.25) is 0 Å². The lowest BCUT2D eigenvalue weighted by Crippen LogP contribution is -2.11. The Hall–Kier alpha value is -1.31. The minimum atomic E-state index is 0.586. The number of rotatable bonds is 2. The Kier molecular flexibility index (Phi) is 2.82. The van der Waals surface area contributed by atoms with Crippen molar-refractivity contribution in [3.05, 3.63) is 35.9 Å². The summed E-state index contributed by atoms with van der Waals surface area (Å²) in [6, 6.07) is 10.6. The summed E-state index contributed by atoms with van der Waals surface area (Å²) in [6.07, 6.45) is 4.67. The molecule has 0 spiro atoms. The first-order chi connectivity index (χ1) is 6.90. The number of hydrazone groups is 1.